The van der Waals surface area contributed by atoms with Crippen molar-refractivity contribution in [3.63, 3.8) is 0 Å². The van der Waals surface area contributed by atoms with E-state index in [0.29, 0.717) is 40.7 Å². The molecule has 0 aliphatic rings. The van der Waals surface area contributed by atoms with Gasteiger partial charge in [0.05, 0.1) is 24.4 Å². The van der Waals surface area contributed by atoms with E-state index in [4.69, 9.17) is 21.1 Å². The summed E-state index contributed by atoms with van der Waals surface area (Å²) in [5, 5.41) is 7.37. The lowest BCUT2D eigenvalue weighted by Gasteiger charge is -2.19. The molecule has 2 amide bonds. The smallest absolute Gasteiger partial charge is 0.262 e. The van der Waals surface area contributed by atoms with E-state index in [9.17, 15) is 9.59 Å². The van der Waals surface area contributed by atoms with Gasteiger partial charge in [-0.1, -0.05) is 32.4 Å². The summed E-state index contributed by atoms with van der Waals surface area (Å²) in [6.07, 6.45) is 2.84. The first-order valence-corrected chi connectivity index (χ1v) is 11.8. The van der Waals surface area contributed by atoms with Gasteiger partial charge in [0, 0.05) is 10.6 Å². The molecular formula is C24H29BrClN3O4. The van der Waals surface area contributed by atoms with Crippen molar-refractivity contribution in [3.8, 4) is 11.5 Å². The average Bonchev–Trinajstić information content (AvgIpc) is 2.77. The second kappa shape index (κ2) is 13.2. The predicted molar refractivity (Wildman–Crippen MR) is 134 cm³/mol. The van der Waals surface area contributed by atoms with E-state index in [1.54, 1.807) is 37.4 Å². The number of hydrogen-bond acceptors (Lipinski definition) is 5. The minimum Gasteiger partial charge on any atom is -0.493 e. The van der Waals surface area contributed by atoms with Gasteiger partial charge in [0.15, 0.2) is 11.5 Å². The number of hydrogen-bond donors (Lipinski definition) is 2. The molecule has 0 fully saturated rings. The molecule has 2 rings (SSSR count). The highest BCUT2D eigenvalue weighted by Gasteiger charge is 2.22. The van der Waals surface area contributed by atoms with Gasteiger partial charge >= 0.3 is 0 Å². The minimum atomic E-state index is -0.739. The van der Waals surface area contributed by atoms with E-state index < -0.39 is 11.9 Å². The lowest BCUT2D eigenvalue weighted by atomic mass is 10.0. The van der Waals surface area contributed by atoms with E-state index in [2.05, 4.69) is 31.8 Å². The maximum absolute atomic E-state index is 12.7. The standard InChI is InChI=1S/C24H29BrClN3O4/c1-5-10-33-22-19(25)12-16(13-21(22)32-4)14-27-29-24(31)20(11-15(2)3)28-23(30)17-6-8-18(26)9-7-17/h6-9,12-15,20H,5,10-11H2,1-4H3,(H,28,30)(H,29,31). The van der Waals surface area contributed by atoms with E-state index >= 15 is 0 Å². The molecule has 0 aliphatic carbocycles. The molecule has 1 unspecified atom stereocenters. The summed E-state index contributed by atoms with van der Waals surface area (Å²) in [6, 6.07) is 9.32. The molecule has 2 aromatic carbocycles. The number of amides is 2. The van der Waals surface area contributed by atoms with Gasteiger partial charge in [0.1, 0.15) is 6.04 Å². The fourth-order valence-corrected chi connectivity index (χ4v) is 3.65. The van der Waals surface area contributed by atoms with Crippen LogP contribution in [0.2, 0.25) is 5.02 Å². The number of ether oxygens (including phenoxy) is 2. The van der Waals surface area contributed by atoms with Crippen LogP contribution < -0.4 is 20.2 Å². The summed E-state index contributed by atoms with van der Waals surface area (Å²) in [4.78, 5) is 25.3. The molecule has 0 spiro atoms. The van der Waals surface area contributed by atoms with Crippen molar-refractivity contribution < 1.29 is 19.1 Å². The second-order valence-electron chi connectivity index (χ2n) is 7.78. The van der Waals surface area contributed by atoms with Crippen LogP contribution in [0.15, 0.2) is 46.0 Å². The normalized spacial score (nSPS) is 12.0. The van der Waals surface area contributed by atoms with E-state index in [-0.39, 0.29) is 11.8 Å². The van der Waals surface area contributed by atoms with Crippen LogP contribution in [0, 0.1) is 5.92 Å². The van der Waals surface area contributed by atoms with Crippen LogP contribution in [0.3, 0.4) is 0 Å². The van der Waals surface area contributed by atoms with E-state index in [1.165, 1.54) is 6.21 Å². The maximum atomic E-state index is 12.7. The molecule has 2 N–H and O–H groups in total. The topological polar surface area (TPSA) is 89.0 Å². The zero-order valence-corrected chi connectivity index (χ0v) is 21.5. The molecule has 1 atom stereocenters. The minimum absolute atomic E-state index is 0.186. The van der Waals surface area contributed by atoms with Crippen LogP contribution in [-0.4, -0.2) is 37.8 Å². The van der Waals surface area contributed by atoms with Gasteiger partial charge in [-0.05, 0) is 76.7 Å². The Morgan fingerprint density at radius 2 is 1.91 bits per heavy atom. The molecule has 0 bridgehead atoms. The van der Waals surface area contributed by atoms with Crippen molar-refractivity contribution in [1.29, 1.82) is 0 Å². The molecule has 7 nitrogen and oxygen atoms in total. The molecule has 9 heteroatoms. The molecule has 33 heavy (non-hydrogen) atoms. The Labute approximate surface area is 208 Å². The van der Waals surface area contributed by atoms with Crippen molar-refractivity contribution in [2.24, 2.45) is 11.0 Å². The van der Waals surface area contributed by atoms with Crippen molar-refractivity contribution in [3.05, 3.63) is 57.0 Å². The van der Waals surface area contributed by atoms with Gasteiger partial charge in [-0.2, -0.15) is 5.10 Å². The Morgan fingerprint density at radius 1 is 1.21 bits per heavy atom. The second-order valence-corrected chi connectivity index (χ2v) is 9.07. The third-order valence-electron chi connectivity index (χ3n) is 4.53. The van der Waals surface area contributed by atoms with Crippen LogP contribution in [0.4, 0.5) is 0 Å². The summed E-state index contributed by atoms with van der Waals surface area (Å²) in [5.41, 5.74) is 3.64. The van der Waals surface area contributed by atoms with Crippen molar-refractivity contribution in [2.45, 2.75) is 39.7 Å². The van der Waals surface area contributed by atoms with Crippen LogP contribution >= 0.6 is 27.5 Å². The van der Waals surface area contributed by atoms with Crippen LogP contribution in [-0.2, 0) is 4.79 Å². The molecule has 0 aliphatic heterocycles. The number of halogens is 2. The summed E-state index contributed by atoms with van der Waals surface area (Å²) >= 11 is 9.36. The summed E-state index contributed by atoms with van der Waals surface area (Å²) in [6.45, 7) is 6.54. The summed E-state index contributed by atoms with van der Waals surface area (Å²) < 4.78 is 11.8. The van der Waals surface area contributed by atoms with E-state index in [0.717, 1.165) is 10.9 Å². The van der Waals surface area contributed by atoms with Crippen LogP contribution in [0.5, 0.6) is 11.5 Å². The number of nitrogens with zero attached hydrogens (tertiary/aromatic N) is 1. The maximum Gasteiger partial charge on any atom is 0.262 e. The summed E-state index contributed by atoms with van der Waals surface area (Å²) in [5.74, 6) is 0.594. The number of benzene rings is 2. The molecule has 2 aromatic rings. The largest absolute Gasteiger partial charge is 0.493 e. The third kappa shape index (κ3) is 8.37. The molecule has 178 valence electrons. The highest BCUT2D eigenvalue weighted by atomic mass is 79.9. The van der Waals surface area contributed by atoms with Crippen molar-refractivity contribution in [2.75, 3.05) is 13.7 Å². The number of hydrazone groups is 1. The zero-order chi connectivity index (χ0) is 24.4. The molecular weight excluding hydrogens is 510 g/mol. The summed E-state index contributed by atoms with van der Waals surface area (Å²) in [7, 11) is 1.56. The first-order chi connectivity index (χ1) is 15.7. The zero-order valence-electron chi connectivity index (χ0n) is 19.2. The third-order valence-corrected chi connectivity index (χ3v) is 5.37. The molecule has 0 radical (unpaired) electrons. The average molecular weight is 539 g/mol. The fraction of sp³-hybridized carbons (Fsp3) is 0.375. The van der Waals surface area contributed by atoms with Crippen molar-refractivity contribution in [1.82, 2.24) is 10.7 Å². The highest BCUT2D eigenvalue weighted by molar-refractivity contribution is 9.10. The van der Waals surface area contributed by atoms with Gasteiger partial charge in [0.25, 0.3) is 11.8 Å². The Hall–Kier alpha value is -2.58. The van der Waals surface area contributed by atoms with Gasteiger partial charge in [-0.25, -0.2) is 5.43 Å². The first kappa shape index (κ1) is 26.7. The lowest BCUT2D eigenvalue weighted by molar-refractivity contribution is -0.123. The van der Waals surface area contributed by atoms with Gasteiger partial charge in [-0.15, -0.1) is 0 Å². The Bertz CT molecular complexity index is 980. The number of carbonyl (C=O) groups excluding carboxylic acids is 2. The van der Waals surface area contributed by atoms with Gasteiger partial charge in [-0.3, -0.25) is 9.59 Å². The lowest BCUT2D eigenvalue weighted by Crippen LogP contribution is -2.46. The monoisotopic (exact) mass is 537 g/mol. The van der Waals surface area contributed by atoms with Gasteiger partial charge in [0.2, 0.25) is 0 Å². The Morgan fingerprint density at radius 3 is 2.52 bits per heavy atom. The van der Waals surface area contributed by atoms with Crippen LogP contribution in [0.1, 0.15) is 49.5 Å². The SMILES string of the molecule is CCCOc1c(Br)cc(C=NNC(=O)C(CC(C)C)NC(=O)c2ccc(Cl)cc2)cc1OC. The number of carbonyl (C=O) groups is 2. The molecule has 0 aromatic heterocycles. The van der Waals surface area contributed by atoms with Crippen molar-refractivity contribution >= 4 is 45.6 Å². The van der Waals surface area contributed by atoms with Crippen LogP contribution in [0.25, 0.3) is 0 Å². The highest BCUT2D eigenvalue weighted by Crippen LogP contribution is 2.36. The Balaban J connectivity index is 2.09. The first-order valence-electron chi connectivity index (χ1n) is 10.6. The Kier molecular flexibility index (Phi) is 10.7. The molecule has 0 heterocycles. The fourth-order valence-electron chi connectivity index (χ4n) is 2.95. The number of methoxy groups -OCH3 is 1. The molecule has 0 saturated heterocycles. The number of nitrogens with one attached hydrogen (secondary N) is 2. The predicted octanol–water partition coefficient (Wildman–Crippen LogP) is 5.19. The quantitative estimate of drug-likeness (QED) is 0.304. The van der Waals surface area contributed by atoms with E-state index in [1.807, 2.05) is 26.8 Å². The number of rotatable bonds is 11. The van der Waals surface area contributed by atoms with Gasteiger partial charge < -0.3 is 14.8 Å². The molecule has 0 saturated carbocycles.